The Morgan fingerprint density at radius 1 is 0.551 bits per heavy atom. The zero-order chi connectivity index (χ0) is 33.5. The van der Waals surface area contributed by atoms with Gasteiger partial charge in [0.15, 0.2) is 0 Å². The van der Waals surface area contributed by atoms with E-state index in [4.69, 9.17) is 0 Å². The molecule has 0 saturated heterocycles. The molecule has 8 rings (SSSR count). The van der Waals surface area contributed by atoms with Crippen LogP contribution in [0.2, 0.25) is 0 Å². The summed E-state index contributed by atoms with van der Waals surface area (Å²) in [7, 11) is 0. The molecule has 0 atom stereocenters. The van der Waals surface area contributed by atoms with Gasteiger partial charge in [0.05, 0.1) is 5.69 Å². The molecule has 0 fully saturated rings. The first-order valence-electron chi connectivity index (χ1n) is 17.1. The van der Waals surface area contributed by atoms with E-state index in [1.807, 2.05) is 6.08 Å². The van der Waals surface area contributed by atoms with Crippen LogP contribution >= 0.6 is 0 Å². The highest BCUT2D eigenvalue weighted by Gasteiger charge is 2.37. The van der Waals surface area contributed by atoms with Crippen LogP contribution in [0.1, 0.15) is 37.5 Å². The lowest BCUT2D eigenvalue weighted by Crippen LogP contribution is -2.16. The van der Waals surface area contributed by atoms with Crippen molar-refractivity contribution in [1.82, 2.24) is 0 Å². The molecule has 0 unspecified atom stereocenters. The maximum atomic E-state index is 4.36. The van der Waals surface area contributed by atoms with Gasteiger partial charge in [0, 0.05) is 22.4 Å². The standard InChI is InChI=1S/C48H39N/c1-5-39(29-25-33(2)36-27-26-34-15-6-8-17-37(34)31-36)49(40-30-28-35-16-7-9-18-38(35)32-40)46-24-13-11-19-41(46)42-21-14-23-45-47(42)43-20-10-12-22-44(43)48(45,3)4/h5-32H,1H2,2-4H3/b33-25+,39-29+. The van der Waals surface area contributed by atoms with Crippen molar-refractivity contribution in [2.45, 2.75) is 26.2 Å². The van der Waals surface area contributed by atoms with Gasteiger partial charge >= 0.3 is 0 Å². The molecular weight excluding hydrogens is 591 g/mol. The summed E-state index contributed by atoms with van der Waals surface area (Å²) in [5, 5.41) is 4.91. The van der Waals surface area contributed by atoms with Gasteiger partial charge in [-0.05, 0) is 104 Å². The summed E-state index contributed by atoms with van der Waals surface area (Å²) in [4.78, 5) is 2.37. The molecule has 7 aromatic rings. The van der Waals surface area contributed by atoms with Gasteiger partial charge in [-0.1, -0.05) is 154 Å². The topological polar surface area (TPSA) is 3.24 Å². The molecule has 49 heavy (non-hydrogen) atoms. The molecule has 0 heterocycles. The molecule has 1 nitrogen and oxygen atoms in total. The first-order valence-corrected chi connectivity index (χ1v) is 17.1. The fourth-order valence-electron chi connectivity index (χ4n) is 7.59. The van der Waals surface area contributed by atoms with Crippen LogP contribution in [0.25, 0.3) is 49.4 Å². The molecule has 0 aromatic heterocycles. The smallest absolute Gasteiger partial charge is 0.0540 e. The van der Waals surface area contributed by atoms with Crippen LogP contribution in [0.15, 0.2) is 182 Å². The minimum atomic E-state index is -0.0772. The number of hydrogen-bond acceptors (Lipinski definition) is 1. The summed E-state index contributed by atoms with van der Waals surface area (Å²) in [5.41, 5.74) is 13.3. The van der Waals surface area contributed by atoms with E-state index in [-0.39, 0.29) is 5.41 Å². The molecule has 0 radical (unpaired) electrons. The number of nitrogens with zero attached hydrogens (tertiary/aromatic N) is 1. The largest absolute Gasteiger partial charge is 0.310 e. The Morgan fingerprint density at radius 3 is 1.90 bits per heavy atom. The Labute approximate surface area is 289 Å². The number of allylic oxidation sites excluding steroid dienone is 4. The van der Waals surface area contributed by atoms with Crippen molar-refractivity contribution in [3.63, 3.8) is 0 Å². The molecule has 1 heteroatoms. The predicted molar refractivity (Wildman–Crippen MR) is 211 cm³/mol. The van der Waals surface area contributed by atoms with Gasteiger partial charge < -0.3 is 4.90 Å². The number of rotatable bonds is 7. The summed E-state index contributed by atoms with van der Waals surface area (Å²) in [6.07, 6.45) is 6.40. The van der Waals surface area contributed by atoms with E-state index in [2.05, 4.69) is 196 Å². The summed E-state index contributed by atoms with van der Waals surface area (Å²) < 4.78 is 0. The molecule has 0 N–H and O–H groups in total. The summed E-state index contributed by atoms with van der Waals surface area (Å²) >= 11 is 0. The SMILES string of the molecule is C=C/C(=C\C=C(/C)c1ccc2ccccc2c1)N(c1ccc2ccccc2c1)c1ccccc1-c1cccc2c1-c1ccccc1C2(C)C. The van der Waals surface area contributed by atoms with Gasteiger partial charge in [-0.3, -0.25) is 0 Å². The van der Waals surface area contributed by atoms with E-state index in [1.54, 1.807) is 0 Å². The maximum Gasteiger partial charge on any atom is 0.0540 e. The summed E-state index contributed by atoms with van der Waals surface area (Å²) in [6, 6.07) is 55.0. The second-order valence-electron chi connectivity index (χ2n) is 13.5. The Kier molecular flexibility index (Phi) is 7.62. The molecule has 0 aliphatic heterocycles. The van der Waals surface area contributed by atoms with Gasteiger partial charge in [-0.25, -0.2) is 0 Å². The molecule has 0 amide bonds. The fourth-order valence-corrected chi connectivity index (χ4v) is 7.59. The highest BCUT2D eigenvalue weighted by atomic mass is 15.1. The van der Waals surface area contributed by atoms with Crippen molar-refractivity contribution in [2.75, 3.05) is 4.90 Å². The third-order valence-corrected chi connectivity index (χ3v) is 10.2. The average molecular weight is 630 g/mol. The predicted octanol–water partition coefficient (Wildman–Crippen LogP) is 13.3. The number of anilines is 2. The molecule has 1 aliphatic rings. The number of fused-ring (bicyclic) bond motifs is 5. The van der Waals surface area contributed by atoms with Gasteiger partial charge in [0.2, 0.25) is 0 Å². The third kappa shape index (κ3) is 5.29. The van der Waals surface area contributed by atoms with Crippen LogP contribution < -0.4 is 4.90 Å². The lowest BCUT2D eigenvalue weighted by Gasteiger charge is -2.29. The highest BCUT2D eigenvalue weighted by Crippen LogP contribution is 2.53. The minimum absolute atomic E-state index is 0.0772. The molecule has 0 saturated carbocycles. The monoisotopic (exact) mass is 629 g/mol. The minimum Gasteiger partial charge on any atom is -0.310 e. The quantitative estimate of drug-likeness (QED) is 0.159. The van der Waals surface area contributed by atoms with E-state index in [0.717, 1.165) is 17.1 Å². The van der Waals surface area contributed by atoms with Crippen molar-refractivity contribution >= 4 is 38.5 Å². The van der Waals surface area contributed by atoms with E-state index in [1.165, 1.54) is 66.1 Å². The second kappa shape index (κ2) is 12.3. The maximum absolute atomic E-state index is 4.36. The molecule has 7 aromatic carbocycles. The highest BCUT2D eigenvalue weighted by molar-refractivity contribution is 5.98. The summed E-state index contributed by atoms with van der Waals surface area (Å²) in [5.74, 6) is 0. The Morgan fingerprint density at radius 2 is 1.14 bits per heavy atom. The van der Waals surface area contributed by atoms with Gasteiger partial charge in [-0.15, -0.1) is 0 Å². The molecule has 0 bridgehead atoms. The van der Waals surface area contributed by atoms with E-state index < -0.39 is 0 Å². The fraction of sp³-hybridized carbons (Fsp3) is 0.0833. The average Bonchev–Trinajstić information content (AvgIpc) is 3.39. The lowest BCUT2D eigenvalue weighted by atomic mass is 9.82. The Balaban J connectivity index is 1.32. The van der Waals surface area contributed by atoms with Crippen LogP contribution in [0, 0.1) is 0 Å². The lowest BCUT2D eigenvalue weighted by molar-refractivity contribution is 0.660. The second-order valence-corrected chi connectivity index (χ2v) is 13.5. The van der Waals surface area contributed by atoms with E-state index in [9.17, 15) is 0 Å². The molecule has 236 valence electrons. The van der Waals surface area contributed by atoms with Crippen LogP contribution in [0.3, 0.4) is 0 Å². The third-order valence-electron chi connectivity index (χ3n) is 10.2. The van der Waals surface area contributed by atoms with Gasteiger partial charge in [0.1, 0.15) is 0 Å². The Hall–Kier alpha value is -5.92. The zero-order valence-electron chi connectivity index (χ0n) is 28.3. The molecular formula is C48H39N. The van der Waals surface area contributed by atoms with Crippen molar-refractivity contribution in [1.29, 1.82) is 0 Å². The number of hydrogen-bond donors (Lipinski definition) is 0. The number of benzene rings is 7. The first kappa shape index (κ1) is 30.4. The van der Waals surface area contributed by atoms with Crippen LogP contribution in [-0.4, -0.2) is 0 Å². The molecule has 1 aliphatic carbocycles. The van der Waals surface area contributed by atoms with Crippen LogP contribution in [-0.2, 0) is 5.41 Å². The van der Waals surface area contributed by atoms with E-state index >= 15 is 0 Å². The molecule has 0 spiro atoms. The van der Waals surface area contributed by atoms with Gasteiger partial charge in [0.25, 0.3) is 0 Å². The summed E-state index contributed by atoms with van der Waals surface area (Å²) in [6.45, 7) is 11.2. The van der Waals surface area contributed by atoms with Crippen LogP contribution in [0.4, 0.5) is 11.4 Å². The van der Waals surface area contributed by atoms with Crippen molar-refractivity contribution < 1.29 is 0 Å². The Bertz CT molecular complexity index is 2450. The van der Waals surface area contributed by atoms with Crippen molar-refractivity contribution in [3.8, 4) is 22.3 Å². The van der Waals surface area contributed by atoms with Crippen molar-refractivity contribution in [3.05, 3.63) is 199 Å². The van der Waals surface area contributed by atoms with E-state index in [0.29, 0.717) is 0 Å². The van der Waals surface area contributed by atoms with Gasteiger partial charge in [-0.2, -0.15) is 0 Å². The zero-order valence-corrected chi connectivity index (χ0v) is 28.3. The van der Waals surface area contributed by atoms with Crippen LogP contribution in [0.5, 0.6) is 0 Å². The normalized spacial score (nSPS) is 13.7. The van der Waals surface area contributed by atoms with Crippen molar-refractivity contribution in [2.24, 2.45) is 0 Å². The number of para-hydroxylation sites is 1. The first-order chi connectivity index (χ1) is 23.9.